The Balaban J connectivity index is 1.91. The third kappa shape index (κ3) is 4.87. The van der Waals surface area contributed by atoms with E-state index in [9.17, 15) is 0 Å². The van der Waals surface area contributed by atoms with Crippen LogP contribution in [0.4, 0.5) is 5.69 Å². The minimum absolute atomic E-state index is 0.822. The van der Waals surface area contributed by atoms with Crippen LogP contribution in [-0.2, 0) is 0 Å². The molecule has 0 N–H and O–H groups in total. The molecule has 3 aromatic rings. The van der Waals surface area contributed by atoms with E-state index < -0.39 is 0 Å². The van der Waals surface area contributed by atoms with Crippen molar-refractivity contribution in [2.45, 2.75) is 11.8 Å². The number of thioether (sulfide) groups is 1. The molecule has 0 aliphatic rings. The minimum atomic E-state index is 0.822. The molecule has 0 unspecified atom stereocenters. The van der Waals surface area contributed by atoms with E-state index in [1.807, 2.05) is 54.6 Å². The van der Waals surface area contributed by atoms with Crippen molar-refractivity contribution in [3.8, 4) is 5.75 Å². The van der Waals surface area contributed by atoms with Gasteiger partial charge >= 0.3 is 0 Å². The zero-order chi connectivity index (χ0) is 18.2. The average Bonchev–Trinajstić information content (AvgIpc) is 2.69. The van der Waals surface area contributed by atoms with Crippen LogP contribution in [0.3, 0.4) is 0 Å². The number of nitrogens with zero attached hydrogens (tertiary/aromatic N) is 1. The molecule has 0 aliphatic heterocycles. The third-order valence-corrected chi connectivity index (χ3v) is 4.87. The van der Waals surface area contributed by atoms with E-state index in [0.29, 0.717) is 0 Å². The van der Waals surface area contributed by atoms with Gasteiger partial charge in [0, 0.05) is 10.5 Å². The highest BCUT2D eigenvalue weighted by molar-refractivity contribution is 8.02. The van der Waals surface area contributed by atoms with Gasteiger partial charge in [0.2, 0.25) is 0 Å². The van der Waals surface area contributed by atoms with Crippen molar-refractivity contribution in [2.24, 2.45) is 4.99 Å². The number of aliphatic imine (C=N–C) groups is 1. The lowest BCUT2D eigenvalue weighted by atomic mass is 10.1. The van der Waals surface area contributed by atoms with Gasteiger partial charge in [0.1, 0.15) is 5.75 Å². The first-order chi connectivity index (χ1) is 12.8. The van der Waals surface area contributed by atoms with Gasteiger partial charge < -0.3 is 4.74 Å². The SMILES string of the molecule is COc1cccc(C(C=CSc2ccccc2C)=Nc2ccccc2)c1. The first kappa shape index (κ1) is 18.0. The lowest BCUT2D eigenvalue weighted by Crippen LogP contribution is -1.97. The monoisotopic (exact) mass is 359 g/mol. The molecule has 0 atom stereocenters. The summed E-state index contributed by atoms with van der Waals surface area (Å²) in [6.45, 7) is 2.12. The second-order valence-electron chi connectivity index (χ2n) is 5.75. The van der Waals surface area contributed by atoms with Crippen LogP contribution in [0.5, 0.6) is 5.75 Å². The number of benzene rings is 3. The fourth-order valence-corrected chi connectivity index (χ4v) is 3.24. The molecule has 0 aromatic heterocycles. The number of para-hydroxylation sites is 1. The van der Waals surface area contributed by atoms with Crippen LogP contribution in [0.25, 0.3) is 0 Å². The van der Waals surface area contributed by atoms with Crippen molar-refractivity contribution >= 4 is 23.2 Å². The second-order valence-corrected chi connectivity index (χ2v) is 6.70. The van der Waals surface area contributed by atoms with Gasteiger partial charge in [-0.25, -0.2) is 4.99 Å². The Morgan fingerprint density at radius 3 is 2.46 bits per heavy atom. The summed E-state index contributed by atoms with van der Waals surface area (Å²) in [6, 6.07) is 26.3. The lowest BCUT2D eigenvalue weighted by molar-refractivity contribution is 0.414. The molecular weight excluding hydrogens is 338 g/mol. The Kier molecular flexibility index (Phi) is 6.29. The van der Waals surface area contributed by atoms with Crippen molar-refractivity contribution < 1.29 is 4.74 Å². The predicted molar refractivity (Wildman–Crippen MR) is 112 cm³/mol. The summed E-state index contributed by atoms with van der Waals surface area (Å²) in [5, 5.41) is 2.09. The van der Waals surface area contributed by atoms with Crippen LogP contribution in [0, 0.1) is 6.92 Å². The van der Waals surface area contributed by atoms with E-state index in [-0.39, 0.29) is 0 Å². The van der Waals surface area contributed by atoms with Crippen molar-refractivity contribution in [3.63, 3.8) is 0 Å². The van der Waals surface area contributed by atoms with Gasteiger partial charge in [0.25, 0.3) is 0 Å². The minimum Gasteiger partial charge on any atom is -0.497 e. The third-order valence-electron chi connectivity index (χ3n) is 3.89. The van der Waals surface area contributed by atoms with Crippen LogP contribution in [-0.4, -0.2) is 12.8 Å². The van der Waals surface area contributed by atoms with Gasteiger partial charge in [-0.3, -0.25) is 0 Å². The molecule has 0 aliphatic carbocycles. The smallest absolute Gasteiger partial charge is 0.119 e. The van der Waals surface area contributed by atoms with Crippen molar-refractivity contribution in [3.05, 3.63) is 101 Å². The number of aryl methyl sites for hydroxylation is 1. The summed E-state index contributed by atoms with van der Waals surface area (Å²) in [5.74, 6) is 0.822. The van der Waals surface area contributed by atoms with E-state index in [1.54, 1.807) is 18.9 Å². The molecule has 0 radical (unpaired) electrons. The highest BCUT2D eigenvalue weighted by atomic mass is 32.2. The van der Waals surface area contributed by atoms with Crippen LogP contribution >= 0.6 is 11.8 Å². The predicted octanol–water partition coefficient (Wildman–Crippen LogP) is 6.43. The summed E-state index contributed by atoms with van der Waals surface area (Å²) in [5.41, 5.74) is 4.12. The second kappa shape index (κ2) is 9.07. The largest absolute Gasteiger partial charge is 0.497 e. The number of methoxy groups -OCH3 is 1. The molecule has 0 amide bonds. The molecular formula is C23H21NOS. The Labute approximate surface area is 159 Å². The number of ether oxygens (including phenoxy) is 1. The van der Waals surface area contributed by atoms with Gasteiger partial charge in [-0.1, -0.05) is 60.3 Å². The van der Waals surface area contributed by atoms with Crippen LogP contribution in [0.1, 0.15) is 11.1 Å². The molecule has 3 rings (SSSR count). The standard InChI is InChI=1S/C23H21NOS/c1-18-9-6-7-14-23(18)26-16-15-22(24-20-11-4-3-5-12-20)19-10-8-13-21(17-19)25-2/h3-17H,1-2H3. The number of hydrogen-bond donors (Lipinski definition) is 0. The van der Waals surface area contributed by atoms with Gasteiger partial charge in [-0.15, -0.1) is 0 Å². The van der Waals surface area contributed by atoms with Crippen LogP contribution < -0.4 is 4.74 Å². The Bertz CT molecular complexity index is 916. The molecule has 2 nitrogen and oxygen atoms in total. The normalized spacial score (nSPS) is 11.7. The maximum atomic E-state index is 5.36. The van der Waals surface area contributed by atoms with Gasteiger partial charge in [-0.05, 0) is 54.3 Å². The number of rotatable bonds is 6. The fourth-order valence-electron chi connectivity index (χ4n) is 2.48. The zero-order valence-electron chi connectivity index (χ0n) is 14.9. The summed E-state index contributed by atoms with van der Waals surface area (Å²) >= 11 is 1.70. The topological polar surface area (TPSA) is 21.6 Å². The average molecular weight is 359 g/mol. The van der Waals surface area contributed by atoms with Crippen molar-refractivity contribution in [1.82, 2.24) is 0 Å². The maximum absolute atomic E-state index is 5.36. The number of allylic oxidation sites excluding steroid dienone is 1. The summed E-state index contributed by atoms with van der Waals surface area (Å²) in [4.78, 5) is 6.06. The quantitative estimate of drug-likeness (QED) is 0.373. The first-order valence-electron chi connectivity index (χ1n) is 8.43. The maximum Gasteiger partial charge on any atom is 0.119 e. The molecule has 0 heterocycles. The van der Waals surface area contributed by atoms with E-state index in [2.05, 4.69) is 42.7 Å². The van der Waals surface area contributed by atoms with E-state index >= 15 is 0 Å². The summed E-state index contributed by atoms with van der Waals surface area (Å²) in [7, 11) is 1.68. The summed E-state index contributed by atoms with van der Waals surface area (Å²) in [6.07, 6.45) is 2.05. The van der Waals surface area contributed by atoms with E-state index in [4.69, 9.17) is 9.73 Å². The molecule has 130 valence electrons. The fraction of sp³-hybridized carbons (Fsp3) is 0.0870. The zero-order valence-corrected chi connectivity index (χ0v) is 15.7. The molecule has 0 bridgehead atoms. The molecule has 3 aromatic carbocycles. The Morgan fingerprint density at radius 2 is 1.69 bits per heavy atom. The highest BCUT2D eigenvalue weighted by Gasteiger charge is 2.03. The van der Waals surface area contributed by atoms with E-state index in [0.717, 1.165) is 22.7 Å². The van der Waals surface area contributed by atoms with Crippen LogP contribution in [0.15, 0.2) is 100 Å². The summed E-state index contributed by atoms with van der Waals surface area (Å²) < 4.78 is 5.36. The molecule has 0 fully saturated rings. The molecule has 0 saturated heterocycles. The van der Waals surface area contributed by atoms with Gasteiger partial charge in [0.15, 0.2) is 0 Å². The highest BCUT2D eigenvalue weighted by Crippen LogP contribution is 2.24. The molecule has 3 heteroatoms. The van der Waals surface area contributed by atoms with Crippen LogP contribution in [0.2, 0.25) is 0 Å². The molecule has 26 heavy (non-hydrogen) atoms. The number of hydrogen-bond acceptors (Lipinski definition) is 3. The van der Waals surface area contributed by atoms with Crippen molar-refractivity contribution in [1.29, 1.82) is 0 Å². The first-order valence-corrected chi connectivity index (χ1v) is 9.31. The van der Waals surface area contributed by atoms with Crippen molar-refractivity contribution in [2.75, 3.05) is 7.11 Å². The Hall–Kier alpha value is -2.78. The lowest BCUT2D eigenvalue weighted by Gasteiger charge is -2.06. The van der Waals surface area contributed by atoms with E-state index in [1.165, 1.54) is 10.5 Å². The molecule has 0 saturated carbocycles. The molecule has 0 spiro atoms. The Morgan fingerprint density at radius 1 is 0.923 bits per heavy atom. The van der Waals surface area contributed by atoms with Gasteiger partial charge in [0.05, 0.1) is 18.5 Å². The van der Waals surface area contributed by atoms with Gasteiger partial charge in [-0.2, -0.15) is 0 Å².